The molecule has 0 bridgehead atoms. The molecule has 1 amide bonds. The zero-order chi connectivity index (χ0) is 16.1. The molecule has 0 aliphatic rings. The van der Waals surface area contributed by atoms with E-state index in [1.165, 1.54) is 18.2 Å². The molecule has 0 aromatic heterocycles. The first-order valence-corrected chi connectivity index (χ1v) is 8.41. The van der Waals surface area contributed by atoms with Crippen LogP contribution in [0.25, 0.3) is 0 Å². The molecule has 2 rings (SSSR count). The van der Waals surface area contributed by atoms with Crippen LogP contribution in [0.1, 0.15) is 12.5 Å². The van der Waals surface area contributed by atoms with E-state index in [0.717, 1.165) is 0 Å². The van der Waals surface area contributed by atoms with Crippen molar-refractivity contribution in [2.45, 2.75) is 17.9 Å². The van der Waals surface area contributed by atoms with Crippen molar-refractivity contribution < 1.29 is 13.4 Å². The largest absolute Gasteiger partial charge is 0.325 e. The van der Waals surface area contributed by atoms with Gasteiger partial charge in [0, 0.05) is 27.1 Å². The molecule has 0 radical (unpaired) electrons. The van der Waals surface area contributed by atoms with Crippen molar-refractivity contribution in [1.29, 1.82) is 0 Å². The van der Waals surface area contributed by atoms with E-state index in [0.29, 0.717) is 5.69 Å². The van der Waals surface area contributed by atoms with Gasteiger partial charge < -0.3 is 5.32 Å². The molecule has 0 heterocycles. The fraction of sp³-hybridized carbons (Fsp3) is 0.188. The van der Waals surface area contributed by atoms with E-state index < -0.39 is 21.9 Å². The number of anilines is 1. The van der Waals surface area contributed by atoms with Crippen molar-refractivity contribution in [1.82, 2.24) is 0 Å². The molecule has 0 aliphatic heterocycles. The second-order valence-electron chi connectivity index (χ2n) is 4.72. The summed E-state index contributed by atoms with van der Waals surface area (Å²) in [6, 6.07) is 13.2. The fourth-order valence-corrected chi connectivity index (χ4v) is 3.26. The van der Waals surface area contributed by atoms with Crippen molar-refractivity contribution in [3.8, 4) is 0 Å². The molecule has 2 aromatic carbocycles. The van der Waals surface area contributed by atoms with Gasteiger partial charge in [-0.1, -0.05) is 35.9 Å². The topological polar surface area (TPSA) is 46.2 Å². The van der Waals surface area contributed by atoms with Gasteiger partial charge in [0.15, 0.2) is 0 Å². The number of hydrogen-bond donors (Lipinski definition) is 1. The SMILES string of the molecule is C[C@@H](C(=O)Nc1ccccc1)[S@@](=O)Cc1c(F)cccc1Cl. The molecule has 2 aromatic rings. The zero-order valence-corrected chi connectivity index (χ0v) is 13.5. The van der Waals surface area contributed by atoms with Crippen LogP contribution < -0.4 is 5.32 Å². The maximum Gasteiger partial charge on any atom is 0.239 e. The maximum atomic E-state index is 13.7. The Kier molecular flexibility index (Phi) is 5.69. The van der Waals surface area contributed by atoms with Crippen molar-refractivity contribution in [3.05, 3.63) is 64.9 Å². The van der Waals surface area contributed by atoms with Crippen molar-refractivity contribution in [2.75, 3.05) is 5.32 Å². The Morgan fingerprint density at radius 2 is 1.91 bits per heavy atom. The van der Waals surface area contributed by atoms with Crippen LogP contribution in [0.5, 0.6) is 0 Å². The third-order valence-electron chi connectivity index (χ3n) is 3.15. The van der Waals surface area contributed by atoms with Gasteiger partial charge in [0.05, 0.1) is 5.75 Å². The predicted molar refractivity (Wildman–Crippen MR) is 87.8 cm³/mol. The van der Waals surface area contributed by atoms with Crippen molar-refractivity contribution in [3.63, 3.8) is 0 Å². The van der Waals surface area contributed by atoms with E-state index in [2.05, 4.69) is 5.32 Å². The molecule has 0 spiro atoms. The minimum absolute atomic E-state index is 0.102. The minimum Gasteiger partial charge on any atom is -0.325 e. The highest BCUT2D eigenvalue weighted by atomic mass is 35.5. The average molecular weight is 340 g/mol. The number of carbonyl (C=O) groups excluding carboxylic acids is 1. The van der Waals surface area contributed by atoms with E-state index in [4.69, 9.17) is 11.6 Å². The quantitative estimate of drug-likeness (QED) is 0.901. The number of benzene rings is 2. The number of halogens is 2. The first-order chi connectivity index (χ1) is 10.5. The lowest BCUT2D eigenvalue weighted by atomic mass is 10.2. The standard InChI is InChI=1S/C16H15ClFNO2S/c1-11(16(20)19-12-6-3-2-4-7-12)22(21)10-13-14(17)8-5-9-15(13)18/h2-9,11H,10H2,1H3,(H,19,20)/t11-,22-/m0/s1. The molecule has 0 saturated carbocycles. The molecule has 116 valence electrons. The Labute approximate surface area is 136 Å². The highest BCUT2D eigenvalue weighted by Gasteiger charge is 2.22. The molecule has 2 atom stereocenters. The molecule has 0 aliphatic carbocycles. The monoisotopic (exact) mass is 339 g/mol. The normalized spacial score (nSPS) is 13.4. The van der Waals surface area contributed by atoms with Crippen LogP contribution in [0.3, 0.4) is 0 Å². The Morgan fingerprint density at radius 1 is 1.23 bits per heavy atom. The van der Waals surface area contributed by atoms with Crippen LogP contribution in [-0.4, -0.2) is 15.4 Å². The number of amides is 1. The van der Waals surface area contributed by atoms with Crippen molar-refractivity contribution >= 4 is 34.0 Å². The molecule has 22 heavy (non-hydrogen) atoms. The molecule has 0 fully saturated rings. The first kappa shape index (κ1) is 16.6. The average Bonchev–Trinajstić information content (AvgIpc) is 2.51. The fourth-order valence-electron chi connectivity index (χ4n) is 1.82. The predicted octanol–water partition coefficient (Wildman–Crippen LogP) is 3.76. The summed E-state index contributed by atoms with van der Waals surface area (Å²) in [7, 11) is -1.58. The summed E-state index contributed by atoms with van der Waals surface area (Å²) < 4.78 is 26.0. The van der Waals surface area contributed by atoms with Gasteiger partial charge in [-0.2, -0.15) is 0 Å². The van der Waals surface area contributed by atoms with Crippen LogP contribution in [0.15, 0.2) is 48.5 Å². The van der Waals surface area contributed by atoms with Gasteiger partial charge in [0.25, 0.3) is 0 Å². The summed E-state index contributed by atoms with van der Waals surface area (Å²) in [5, 5.41) is 2.11. The Bertz CT molecular complexity index is 674. The number of hydrogen-bond acceptors (Lipinski definition) is 2. The van der Waals surface area contributed by atoms with E-state index in [-0.39, 0.29) is 22.2 Å². The van der Waals surface area contributed by atoms with Crippen LogP contribution in [0.4, 0.5) is 10.1 Å². The van der Waals surface area contributed by atoms with E-state index in [1.54, 1.807) is 31.2 Å². The molecule has 0 saturated heterocycles. The molecule has 6 heteroatoms. The third-order valence-corrected chi connectivity index (χ3v) is 5.08. The highest BCUT2D eigenvalue weighted by Crippen LogP contribution is 2.21. The Morgan fingerprint density at radius 3 is 2.55 bits per heavy atom. The second-order valence-corrected chi connectivity index (χ2v) is 6.89. The smallest absolute Gasteiger partial charge is 0.239 e. The van der Waals surface area contributed by atoms with E-state index in [1.807, 2.05) is 6.07 Å². The Hall–Kier alpha value is -1.72. The number of nitrogens with one attached hydrogen (secondary N) is 1. The summed E-state index contributed by atoms with van der Waals surface area (Å²) in [5.74, 6) is -0.997. The lowest BCUT2D eigenvalue weighted by molar-refractivity contribution is -0.115. The summed E-state index contributed by atoms with van der Waals surface area (Å²) in [6.45, 7) is 1.54. The molecule has 3 nitrogen and oxygen atoms in total. The van der Waals surface area contributed by atoms with Crippen LogP contribution in [0, 0.1) is 5.82 Å². The second kappa shape index (κ2) is 7.51. The lowest BCUT2D eigenvalue weighted by Crippen LogP contribution is -2.29. The van der Waals surface area contributed by atoms with E-state index in [9.17, 15) is 13.4 Å². The van der Waals surface area contributed by atoms with Gasteiger partial charge in [0.1, 0.15) is 11.1 Å². The van der Waals surface area contributed by atoms with E-state index >= 15 is 0 Å². The lowest BCUT2D eigenvalue weighted by Gasteiger charge is -2.13. The molecule has 1 N–H and O–H groups in total. The maximum absolute atomic E-state index is 13.7. The summed E-state index contributed by atoms with van der Waals surface area (Å²) >= 11 is 5.91. The summed E-state index contributed by atoms with van der Waals surface area (Å²) in [4.78, 5) is 12.1. The van der Waals surface area contributed by atoms with Gasteiger partial charge in [-0.15, -0.1) is 0 Å². The Balaban J connectivity index is 2.04. The molecule has 0 unspecified atom stereocenters. The van der Waals surface area contributed by atoms with Crippen molar-refractivity contribution in [2.24, 2.45) is 0 Å². The number of para-hydroxylation sites is 1. The van der Waals surface area contributed by atoms with Gasteiger partial charge in [0.2, 0.25) is 5.91 Å². The van der Waals surface area contributed by atoms with Gasteiger partial charge >= 0.3 is 0 Å². The highest BCUT2D eigenvalue weighted by molar-refractivity contribution is 7.85. The summed E-state index contributed by atoms with van der Waals surface area (Å²) in [5.41, 5.74) is 0.794. The molecular weight excluding hydrogens is 325 g/mol. The minimum atomic E-state index is -1.58. The van der Waals surface area contributed by atoms with Gasteiger partial charge in [-0.3, -0.25) is 9.00 Å². The summed E-state index contributed by atoms with van der Waals surface area (Å²) in [6.07, 6.45) is 0. The van der Waals surface area contributed by atoms with Crippen LogP contribution in [0.2, 0.25) is 5.02 Å². The van der Waals surface area contributed by atoms with Crippen LogP contribution >= 0.6 is 11.6 Å². The number of rotatable bonds is 5. The molecular formula is C16H15ClFNO2S. The third kappa shape index (κ3) is 4.15. The zero-order valence-electron chi connectivity index (χ0n) is 11.9. The van der Waals surface area contributed by atoms with Gasteiger partial charge in [-0.05, 0) is 31.2 Å². The van der Waals surface area contributed by atoms with Crippen LogP contribution in [-0.2, 0) is 21.3 Å². The van der Waals surface area contributed by atoms with Gasteiger partial charge in [-0.25, -0.2) is 4.39 Å². The first-order valence-electron chi connectivity index (χ1n) is 6.65. The number of carbonyl (C=O) groups is 1.